The summed E-state index contributed by atoms with van der Waals surface area (Å²) in [4.78, 5) is 23.4. The zero-order valence-corrected chi connectivity index (χ0v) is 16.9. The SMILES string of the molecule is COC(=O)C1=CO[C@H](O[C@H]2O[C@@H](CO)[C@H](O)[C@@H](O)[C@@H]2O)[C@H]2C(COC(C)=O)=C[C@@H](O)[C@@H]12. The van der Waals surface area contributed by atoms with Gasteiger partial charge < -0.3 is 49.2 Å². The minimum atomic E-state index is -1.68. The van der Waals surface area contributed by atoms with Crippen molar-refractivity contribution < 1.29 is 58.8 Å². The molecule has 0 aromatic heterocycles. The normalized spacial score (nSPS) is 39.6. The van der Waals surface area contributed by atoms with Crippen LogP contribution < -0.4 is 0 Å². The van der Waals surface area contributed by atoms with E-state index >= 15 is 0 Å². The van der Waals surface area contributed by atoms with Crippen LogP contribution in [-0.2, 0) is 33.3 Å². The van der Waals surface area contributed by atoms with Gasteiger partial charge in [-0.15, -0.1) is 0 Å². The molecule has 5 N–H and O–H groups in total. The average molecular weight is 446 g/mol. The molecule has 0 saturated carbocycles. The van der Waals surface area contributed by atoms with E-state index in [2.05, 4.69) is 0 Å². The first-order valence-corrected chi connectivity index (χ1v) is 9.61. The highest BCUT2D eigenvalue weighted by Crippen LogP contribution is 2.44. The fourth-order valence-corrected chi connectivity index (χ4v) is 3.96. The lowest BCUT2D eigenvalue weighted by molar-refractivity contribution is -0.340. The van der Waals surface area contributed by atoms with Crippen LogP contribution in [0.25, 0.3) is 0 Å². The lowest BCUT2D eigenvalue weighted by atomic mass is 9.82. The van der Waals surface area contributed by atoms with Crippen molar-refractivity contribution in [2.45, 2.75) is 50.0 Å². The van der Waals surface area contributed by atoms with Crippen LogP contribution in [0.1, 0.15) is 6.92 Å². The van der Waals surface area contributed by atoms with Crippen molar-refractivity contribution in [2.24, 2.45) is 11.8 Å². The molecule has 1 fully saturated rings. The maximum atomic E-state index is 12.2. The summed E-state index contributed by atoms with van der Waals surface area (Å²) in [5, 5.41) is 50.0. The second-order valence-electron chi connectivity index (χ2n) is 7.47. The Balaban J connectivity index is 1.86. The van der Waals surface area contributed by atoms with Crippen molar-refractivity contribution >= 4 is 11.9 Å². The number of aliphatic hydroxyl groups excluding tert-OH is 5. The van der Waals surface area contributed by atoms with Crippen molar-refractivity contribution in [3.63, 3.8) is 0 Å². The van der Waals surface area contributed by atoms with Gasteiger partial charge in [0.05, 0.1) is 37.6 Å². The first-order chi connectivity index (χ1) is 14.7. The third-order valence-electron chi connectivity index (χ3n) is 5.53. The van der Waals surface area contributed by atoms with Gasteiger partial charge >= 0.3 is 11.9 Å². The Morgan fingerprint density at radius 1 is 1.06 bits per heavy atom. The number of esters is 2. The summed E-state index contributed by atoms with van der Waals surface area (Å²) in [6.45, 7) is 0.355. The van der Waals surface area contributed by atoms with E-state index < -0.39 is 73.5 Å². The number of carbonyl (C=O) groups is 2. The Bertz CT molecular complexity index is 746. The van der Waals surface area contributed by atoms with E-state index in [9.17, 15) is 35.1 Å². The molecule has 3 rings (SSSR count). The van der Waals surface area contributed by atoms with Crippen molar-refractivity contribution in [3.8, 4) is 0 Å². The topological polar surface area (TPSA) is 181 Å². The molecule has 1 aliphatic carbocycles. The predicted molar refractivity (Wildman–Crippen MR) is 97.5 cm³/mol. The number of ether oxygens (including phenoxy) is 5. The molecule has 174 valence electrons. The first-order valence-electron chi connectivity index (χ1n) is 9.61. The molecular formula is C19H26O12. The van der Waals surface area contributed by atoms with Gasteiger partial charge in [0.1, 0.15) is 31.0 Å². The maximum Gasteiger partial charge on any atom is 0.337 e. The van der Waals surface area contributed by atoms with E-state index in [-0.39, 0.29) is 12.2 Å². The number of carbonyl (C=O) groups excluding carboxylic acids is 2. The van der Waals surface area contributed by atoms with Crippen LogP contribution in [0.4, 0.5) is 0 Å². The molecule has 12 heteroatoms. The summed E-state index contributed by atoms with van der Waals surface area (Å²) in [5.74, 6) is -2.99. The van der Waals surface area contributed by atoms with E-state index in [1.54, 1.807) is 0 Å². The number of fused-ring (bicyclic) bond motifs is 1. The standard InChI is InChI=1S/C19H26O12/c1-7(21)28-5-8-3-10(22)13-9(17(26)27-2)6-29-18(12(8)13)31-19-16(25)15(24)14(23)11(4-20)30-19/h3,6,10-16,18-20,22-25H,4-5H2,1-2H3/t10-,11+,12+,13-,14+,15-,16+,18-,19-/m1/s1. The molecule has 0 aromatic carbocycles. The van der Waals surface area contributed by atoms with Gasteiger partial charge in [0.15, 0.2) is 6.29 Å². The molecule has 12 nitrogen and oxygen atoms in total. The van der Waals surface area contributed by atoms with E-state index in [0.29, 0.717) is 5.57 Å². The fourth-order valence-electron chi connectivity index (χ4n) is 3.96. The summed E-state index contributed by atoms with van der Waals surface area (Å²) in [6, 6.07) is 0. The number of methoxy groups -OCH3 is 1. The van der Waals surface area contributed by atoms with E-state index in [4.69, 9.17) is 23.7 Å². The predicted octanol–water partition coefficient (Wildman–Crippen LogP) is -2.69. The van der Waals surface area contributed by atoms with Gasteiger partial charge in [-0.05, 0) is 5.57 Å². The zero-order chi connectivity index (χ0) is 22.9. The van der Waals surface area contributed by atoms with E-state index in [1.165, 1.54) is 20.1 Å². The molecule has 0 unspecified atom stereocenters. The first kappa shape index (κ1) is 23.6. The third kappa shape index (κ3) is 4.60. The second kappa shape index (κ2) is 9.61. The van der Waals surface area contributed by atoms with Crippen molar-refractivity contribution in [3.05, 3.63) is 23.5 Å². The molecule has 0 aromatic rings. The van der Waals surface area contributed by atoms with Crippen LogP contribution in [0.3, 0.4) is 0 Å². The second-order valence-corrected chi connectivity index (χ2v) is 7.47. The van der Waals surface area contributed by atoms with Gasteiger partial charge in [-0.3, -0.25) is 4.79 Å². The van der Waals surface area contributed by atoms with Gasteiger partial charge in [-0.1, -0.05) is 6.08 Å². The van der Waals surface area contributed by atoms with Gasteiger partial charge in [0, 0.05) is 12.8 Å². The highest BCUT2D eigenvalue weighted by Gasteiger charge is 2.52. The smallest absolute Gasteiger partial charge is 0.337 e. The van der Waals surface area contributed by atoms with Crippen LogP contribution in [0.2, 0.25) is 0 Å². The Hall–Kier alpha value is -2.06. The number of hydrogen-bond acceptors (Lipinski definition) is 12. The minimum Gasteiger partial charge on any atom is -0.471 e. The number of aliphatic hydroxyl groups is 5. The zero-order valence-electron chi connectivity index (χ0n) is 16.9. The largest absolute Gasteiger partial charge is 0.471 e. The van der Waals surface area contributed by atoms with Crippen LogP contribution in [-0.4, -0.2) is 101 Å². The Morgan fingerprint density at radius 2 is 1.77 bits per heavy atom. The average Bonchev–Trinajstić information content (AvgIpc) is 3.09. The lowest BCUT2D eigenvalue weighted by Crippen LogP contribution is -2.60. The fraction of sp³-hybridized carbons (Fsp3) is 0.684. The molecular weight excluding hydrogens is 420 g/mol. The van der Waals surface area contributed by atoms with Crippen LogP contribution >= 0.6 is 0 Å². The van der Waals surface area contributed by atoms with Gasteiger partial charge in [0.2, 0.25) is 6.29 Å². The van der Waals surface area contributed by atoms with Crippen molar-refractivity contribution in [1.82, 2.24) is 0 Å². The van der Waals surface area contributed by atoms with Crippen LogP contribution in [0.15, 0.2) is 23.5 Å². The lowest BCUT2D eigenvalue weighted by Gasteiger charge is -2.43. The highest BCUT2D eigenvalue weighted by molar-refractivity contribution is 5.89. The summed E-state index contributed by atoms with van der Waals surface area (Å²) >= 11 is 0. The quantitative estimate of drug-likeness (QED) is 0.211. The molecule has 3 aliphatic rings. The van der Waals surface area contributed by atoms with Crippen LogP contribution in [0, 0.1) is 11.8 Å². The van der Waals surface area contributed by atoms with Crippen molar-refractivity contribution in [2.75, 3.05) is 20.3 Å². The summed E-state index contributed by atoms with van der Waals surface area (Å²) < 4.78 is 26.3. The molecule has 0 bridgehead atoms. The third-order valence-corrected chi connectivity index (χ3v) is 5.53. The monoisotopic (exact) mass is 446 g/mol. The Kier molecular flexibility index (Phi) is 7.31. The molecule has 9 atom stereocenters. The summed E-state index contributed by atoms with van der Waals surface area (Å²) in [7, 11) is 1.17. The summed E-state index contributed by atoms with van der Waals surface area (Å²) in [6.07, 6.45) is -7.54. The molecule has 0 spiro atoms. The molecule has 0 radical (unpaired) electrons. The number of hydrogen-bond donors (Lipinski definition) is 5. The molecule has 2 heterocycles. The van der Waals surface area contributed by atoms with Gasteiger partial charge in [-0.25, -0.2) is 4.79 Å². The molecule has 0 amide bonds. The maximum absolute atomic E-state index is 12.2. The van der Waals surface area contributed by atoms with E-state index in [1.807, 2.05) is 0 Å². The van der Waals surface area contributed by atoms with Crippen LogP contribution in [0.5, 0.6) is 0 Å². The van der Waals surface area contributed by atoms with E-state index in [0.717, 1.165) is 6.26 Å². The molecule has 1 saturated heterocycles. The molecule has 31 heavy (non-hydrogen) atoms. The molecule has 2 aliphatic heterocycles. The van der Waals surface area contributed by atoms with Gasteiger partial charge in [0.25, 0.3) is 0 Å². The number of rotatable bonds is 6. The Morgan fingerprint density at radius 3 is 2.39 bits per heavy atom. The van der Waals surface area contributed by atoms with Crippen molar-refractivity contribution in [1.29, 1.82) is 0 Å². The van der Waals surface area contributed by atoms with Gasteiger partial charge in [-0.2, -0.15) is 0 Å². The minimum absolute atomic E-state index is 0.0303. The Labute approximate surface area is 177 Å². The highest BCUT2D eigenvalue weighted by atomic mass is 16.8. The summed E-state index contributed by atoms with van der Waals surface area (Å²) in [5.41, 5.74) is 0.430.